The summed E-state index contributed by atoms with van der Waals surface area (Å²) < 4.78 is 6.04. The lowest BCUT2D eigenvalue weighted by Gasteiger charge is -2.19. The lowest BCUT2D eigenvalue weighted by atomic mass is 10.2. The number of aryl methyl sites for hydroxylation is 2. The topological polar surface area (TPSA) is 51.1 Å². The highest BCUT2D eigenvalue weighted by Crippen LogP contribution is 2.33. The molecular formula is C17H18N4OS. The molecule has 0 saturated carbocycles. The molecule has 1 atom stereocenters. The second-order valence-corrected chi connectivity index (χ2v) is 6.71. The minimum absolute atomic E-state index is 0.170. The minimum atomic E-state index is 0.170. The quantitative estimate of drug-likeness (QED) is 0.739. The number of hydrogen-bond acceptors (Lipinski definition) is 6. The molecule has 0 N–H and O–H groups in total. The number of rotatable bonds is 3. The SMILES string of the molecule is Cc1nc(N2CCC(Oc3cccnc3)C2)c2c(C)csc2n1. The van der Waals surface area contributed by atoms with Gasteiger partial charge in [-0.3, -0.25) is 4.98 Å². The molecule has 4 rings (SSSR count). The van der Waals surface area contributed by atoms with Crippen molar-refractivity contribution in [1.29, 1.82) is 0 Å². The third kappa shape index (κ3) is 2.74. The Morgan fingerprint density at radius 2 is 2.22 bits per heavy atom. The van der Waals surface area contributed by atoms with Crippen LogP contribution in [0.25, 0.3) is 10.2 Å². The standard InChI is InChI=1S/C17H18N4OS/c1-11-10-23-17-15(11)16(19-12(2)20-17)21-7-5-14(9-21)22-13-4-3-6-18-8-13/h3-4,6,8,10,14H,5,7,9H2,1-2H3. The zero-order valence-electron chi connectivity index (χ0n) is 13.2. The first-order chi connectivity index (χ1) is 11.2. The Hall–Kier alpha value is -2.21. The Morgan fingerprint density at radius 1 is 1.30 bits per heavy atom. The van der Waals surface area contributed by atoms with Crippen molar-refractivity contribution in [3.8, 4) is 5.75 Å². The summed E-state index contributed by atoms with van der Waals surface area (Å²) in [6, 6.07) is 3.85. The predicted molar refractivity (Wildman–Crippen MR) is 92.4 cm³/mol. The number of anilines is 1. The van der Waals surface area contributed by atoms with Crippen molar-refractivity contribution in [2.45, 2.75) is 26.4 Å². The van der Waals surface area contributed by atoms with Crippen molar-refractivity contribution in [2.75, 3.05) is 18.0 Å². The maximum Gasteiger partial charge on any atom is 0.141 e. The van der Waals surface area contributed by atoms with Crippen LogP contribution in [0.4, 0.5) is 5.82 Å². The second kappa shape index (κ2) is 5.77. The van der Waals surface area contributed by atoms with Crippen LogP contribution < -0.4 is 9.64 Å². The molecule has 1 fully saturated rings. The summed E-state index contributed by atoms with van der Waals surface area (Å²) in [5.74, 6) is 2.70. The van der Waals surface area contributed by atoms with Gasteiger partial charge in [-0.05, 0) is 36.9 Å². The van der Waals surface area contributed by atoms with Gasteiger partial charge in [0.1, 0.15) is 28.3 Å². The Balaban J connectivity index is 1.59. The number of ether oxygens (including phenoxy) is 1. The van der Waals surface area contributed by atoms with Crippen molar-refractivity contribution in [3.05, 3.63) is 41.3 Å². The lowest BCUT2D eigenvalue weighted by Crippen LogP contribution is -2.25. The Morgan fingerprint density at radius 3 is 3.04 bits per heavy atom. The van der Waals surface area contributed by atoms with Gasteiger partial charge in [0.2, 0.25) is 0 Å². The van der Waals surface area contributed by atoms with Crippen LogP contribution in [-0.4, -0.2) is 34.1 Å². The molecule has 5 nitrogen and oxygen atoms in total. The molecule has 6 heteroatoms. The highest BCUT2D eigenvalue weighted by Gasteiger charge is 2.27. The second-order valence-electron chi connectivity index (χ2n) is 5.86. The zero-order valence-corrected chi connectivity index (χ0v) is 14.0. The van der Waals surface area contributed by atoms with Crippen molar-refractivity contribution < 1.29 is 4.74 Å². The van der Waals surface area contributed by atoms with Gasteiger partial charge in [-0.1, -0.05) is 0 Å². The molecule has 3 aromatic rings. The molecule has 0 spiro atoms. The molecule has 0 aromatic carbocycles. The fourth-order valence-electron chi connectivity index (χ4n) is 3.02. The van der Waals surface area contributed by atoms with E-state index in [-0.39, 0.29) is 6.10 Å². The number of pyridine rings is 1. The van der Waals surface area contributed by atoms with E-state index in [0.29, 0.717) is 0 Å². The lowest BCUT2D eigenvalue weighted by molar-refractivity contribution is 0.224. The maximum atomic E-state index is 6.04. The van der Waals surface area contributed by atoms with Crippen molar-refractivity contribution in [2.24, 2.45) is 0 Å². The van der Waals surface area contributed by atoms with Gasteiger partial charge in [-0.2, -0.15) is 0 Å². The number of aromatic nitrogens is 3. The highest BCUT2D eigenvalue weighted by molar-refractivity contribution is 7.17. The minimum Gasteiger partial charge on any atom is -0.487 e. The van der Waals surface area contributed by atoms with Crippen LogP contribution in [0.15, 0.2) is 29.9 Å². The van der Waals surface area contributed by atoms with E-state index in [4.69, 9.17) is 9.72 Å². The largest absolute Gasteiger partial charge is 0.487 e. The summed E-state index contributed by atoms with van der Waals surface area (Å²) in [7, 11) is 0. The fourth-order valence-corrected chi connectivity index (χ4v) is 3.98. The Labute approximate surface area is 139 Å². The van der Waals surface area contributed by atoms with E-state index in [1.807, 2.05) is 19.1 Å². The van der Waals surface area contributed by atoms with Gasteiger partial charge < -0.3 is 9.64 Å². The van der Waals surface area contributed by atoms with Crippen LogP contribution in [0.5, 0.6) is 5.75 Å². The van der Waals surface area contributed by atoms with Crippen molar-refractivity contribution >= 4 is 27.4 Å². The van der Waals surface area contributed by atoms with Gasteiger partial charge in [0.25, 0.3) is 0 Å². The molecule has 23 heavy (non-hydrogen) atoms. The summed E-state index contributed by atoms with van der Waals surface area (Å²) in [6.45, 7) is 5.87. The van der Waals surface area contributed by atoms with Crippen LogP contribution >= 0.6 is 11.3 Å². The van der Waals surface area contributed by atoms with Crippen molar-refractivity contribution in [1.82, 2.24) is 15.0 Å². The first-order valence-corrected chi connectivity index (χ1v) is 8.63. The average Bonchev–Trinajstić information content (AvgIpc) is 3.15. The van der Waals surface area contributed by atoms with Crippen LogP contribution in [0.3, 0.4) is 0 Å². The van der Waals surface area contributed by atoms with E-state index in [1.165, 1.54) is 10.9 Å². The van der Waals surface area contributed by atoms with E-state index >= 15 is 0 Å². The van der Waals surface area contributed by atoms with Crippen LogP contribution in [-0.2, 0) is 0 Å². The molecule has 0 radical (unpaired) electrons. The van der Waals surface area contributed by atoms with E-state index in [0.717, 1.165) is 41.7 Å². The van der Waals surface area contributed by atoms with Gasteiger partial charge in [0.05, 0.1) is 18.1 Å². The van der Waals surface area contributed by atoms with Gasteiger partial charge in [-0.25, -0.2) is 9.97 Å². The van der Waals surface area contributed by atoms with Gasteiger partial charge in [0, 0.05) is 19.2 Å². The first kappa shape index (κ1) is 14.4. The summed E-state index contributed by atoms with van der Waals surface area (Å²) in [6.07, 6.45) is 4.68. The molecule has 4 heterocycles. The smallest absolute Gasteiger partial charge is 0.141 e. The number of hydrogen-bond donors (Lipinski definition) is 0. The summed E-state index contributed by atoms with van der Waals surface area (Å²) in [4.78, 5) is 16.8. The predicted octanol–water partition coefficient (Wildman–Crippen LogP) is 3.36. The summed E-state index contributed by atoms with van der Waals surface area (Å²) in [5.41, 5.74) is 1.25. The number of nitrogens with zero attached hydrogens (tertiary/aromatic N) is 4. The van der Waals surface area contributed by atoms with Crippen molar-refractivity contribution in [3.63, 3.8) is 0 Å². The molecule has 0 aliphatic carbocycles. The first-order valence-electron chi connectivity index (χ1n) is 7.75. The van der Waals surface area contributed by atoms with E-state index in [2.05, 4.69) is 27.2 Å². The molecule has 1 aliphatic heterocycles. The maximum absolute atomic E-state index is 6.04. The fraction of sp³-hybridized carbons (Fsp3) is 0.353. The third-order valence-corrected chi connectivity index (χ3v) is 5.08. The third-order valence-electron chi connectivity index (χ3n) is 4.09. The molecule has 1 aliphatic rings. The molecular weight excluding hydrogens is 308 g/mol. The van der Waals surface area contributed by atoms with Gasteiger partial charge in [0.15, 0.2) is 0 Å². The zero-order chi connectivity index (χ0) is 15.8. The average molecular weight is 326 g/mol. The molecule has 118 valence electrons. The van der Waals surface area contributed by atoms with Gasteiger partial charge in [-0.15, -0.1) is 11.3 Å². The molecule has 1 unspecified atom stereocenters. The Bertz CT molecular complexity index is 833. The monoisotopic (exact) mass is 326 g/mol. The highest BCUT2D eigenvalue weighted by atomic mass is 32.1. The summed E-state index contributed by atoms with van der Waals surface area (Å²) >= 11 is 1.69. The number of thiophene rings is 1. The number of fused-ring (bicyclic) bond motifs is 1. The molecule has 1 saturated heterocycles. The molecule has 3 aromatic heterocycles. The van der Waals surface area contributed by atoms with E-state index in [9.17, 15) is 0 Å². The van der Waals surface area contributed by atoms with E-state index in [1.54, 1.807) is 23.7 Å². The van der Waals surface area contributed by atoms with Gasteiger partial charge >= 0.3 is 0 Å². The molecule has 0 amide bonds. The Kier molecular flexibility index (Phi) is 3.61. The van der Waals surface area contributed by atoms with Crippen LogP contribution in [0, 0.1) is 13.8 Å². The normalized spacial score (nSPS) is 17.8. The van der Waals surface area contributed by atoms with Crippen LogP contribution in [0.1, 0.15) is 17.8 Å². The summed E-state index contributed by atoms with van der Waals surface area (Å²) in [5, 5.41) is 3.34. The van der Waals surface area contributed by atoms with Crippen LogP contribution in [0.2, 0.25) is 0 Å². The van der Waals surface area contributed by atoms with E-state index < -0.39 is 0 Å². The molecule has 0 bridgehead atoms.